The first-order chi connectivity index (χ1) is 14.2. The molecule has 0 saturated heterocycles. The van der Waals surface area contributed by atoms with Crippen molar-refractivity contribution in [2.45, 2.75) is 110 Å². The van der Waals surface area contributed by atoms with Crippen LogP contribution in [0.5, 0.6) is 0 Å². The van der Waals surface area contributed by atoms with Crippen molar-refractivity contribution in [3.63, 3.8) is 0 Å². The summed E-state index contributed by atoms with van der Waals surface area (Å²) in [5, 5.41) is 2.81. The molecule has 0 bridgehead atoms. The predicted octanol–water partition coefficient (Wildman–Crippen LogP) is 4.26. The second-order valence-electron chi connectivity index (χ2n) is 8.14. The lowest BCUT2D eigenvalue weighted by Crippen LogP contribution is -2.55. The minimum atomic E-state index is -0.919. The second kappa shape index (κ2) is 16.8. The highest BCUT2D eigenvalue weighted by molar-refractivity contribution is 5.78. The van der Waals surface area contributed by atoms with E-state index in [-0.39, 0.29) is 19.1 Å². The van der Waals surface area contributed by atoms with E-state index < -0.39 is 17.5 Å². The van der Waals surface area contributed by atoms with Gasteiger partial charge in [-0.3, -0.25) is 19.2 Å². The summed E-state index contributed by atoms with van der Waals surface area (Å²) in [6.07, 6.45) is 11.0. The van der Waals surface area contributed by atoms with Gasteiger partial charge in [-0.15, -0.1) is 0 Å². The summed E-state index contributed by atoms with van der Waals surface area (Å²) in [6.45, 7) is 6.07. The van der Waals surface area contributed by atoms with Crippen LogP contribution in [-0.4, -0.2) is 42.4 Å². The SMILES string of the molecule is CCCCCCC(=O)CCCCCCCC(COC(C)=O)(COC(C)=O)NC(C)=O. The molecule has 0 unspecified atom stereocenters. The predicted molar refractivity (Wildman–Crippen MR) is 116 cm³/mol. The number of carbonyl (C=O) groups is 4. The van der Waals surface area contributed by atoms with Crippen molar-refractivity contribution in [1.29, 1.82) is 0 Å². The molecule has 0 radical (unpaired) electrons. The zero-order valence-corrected chi connectivity index (χ0v) is 19.3. The van der Waals surface area contributed by atoms with E-state index in [1.54, 1.807) is 0 Å². The Bertz CT molecular complexity index is 514. The van der Waals surface area contributed by atoms with Crippen LogP contribution in [0.2, 0.25) is 0 Å². The largest absolute Gasteiger partial charge is 0.463 e. The van der Waals surface area contributed by atoms with Gasteiger partial charge < -0.3 is 14.8 Å². The number of hydrogen-bond acceptors (Lipinski definition) is 6. The number of carbonyl (C=O) groups excluding carboxylic acids is 4. The lowest BCUT2D eigenvalue weighted by molar-refractivity contribution is -0.150. The van der Waals surface area contributed by atoms with Crippen molar-refractivity contribution >= 4 is 23.6 Å². The average Bonchev–Trinajstić information content (AvgIpc) is 2.66. The van der Waals surface area contributed by atoms with Gasteiger partial charge in [-0.2, -0.15) is 0 Å². The molecule has 0 aromatic carbocycles. The first-order valence-electron chi connectivity index (χ1n) is 11.3. The fraction of sp³-hybridized carbons (Fsp3) is 0.826. The molecule has 7 heteroatoms. The highest BCUT2D eigenvalue weighted by Crippen LogP contribution is 2.19. The monoisotopic (exact) mass is 427 g/mol. The van der Waals surface area contributed by atoms with Crippen LogP contribution in [0.4, 0.5) is 0 Å². The van der Waals surface area contributed by atoms with Crippen molar-refractivity contribution in [3.8, 4) is 0 Å². The summed E-state index contributed by atoms with van der Waals surface area (Å²) >= 11 is 0. The van der Waals surface area contributed by atoms with Crippen molar-refractivity contribution in [3.05, 3.63) is 0 Å². The highest BCUT2D eigenvalue weighted by Gasteiger charge is 2.33. The Hall–Kier alpha value is -1.92. The minimum Gasteiger partial charge on any atom is -0.463 e. The molecule has 174 valence electrons. The lowest BCUT2D eigenvalue weighted by Gasteiger charge is -2.33. The smallest absolute Gasteiger partial charge is 0.302 e. The molecule has 0 atom stereocenters. The van der Waals surface area contributed by atoms with Gasteiger partial charge in [0.05, 0.1) is 0 Å². The molecule has 1 amide bonds. The molecule has 0 spiro atoms. The highest BCUT2D eigenvalue weighted by atomic mass is 16.5. The number of esters is 2. The fourth-order valence-electron chi connectivity index (χ4n) is 3.36. The summed E-state index contributed by atoms with van der Waals surface area (Å²) in [5.74, 6) is -0.816. The number of ether oxygens (including phenoxy) is 2. The Morgan fingerprint density at radius 2 is 1.17 bits per heavy atom. The number of hydrogen-bond donors (Lipinski definition) is 1. The molecule has 7 nitrogen and oxygen atoms in total. The van der Waals surface area contributed by atoms with Gasteiger partial charge in [-0.1, -0.05) is 51.9 Å². The lowest BCUT2D eigenvalue weighted by atomic mass is 9.92. The standard InChI is InChI=1S/C23H41NO6/c1-5-6-7-11-14-22(28)15-12-9-8-10-13-16-23(24-19(2)25,17-29-20(3)26)18-30-21(4)27/h5-18H2,1-4H3,(H,24,25). The average molecular weight is 428 g/mol. The third kappa shape index (κ3) is 15.9. The maximum Gasteiger partial charge on any atom is 0.302 e. The van der Waals surface area contributed by atoms with E-state index in [0.29, 0.717) is 25.0 Å². The van der Waals surface area contributed by atoms with Crippen LogP contribution in [0.25, 0.3) is 0 Å². The maximum atomic E-state index is 11.9. The molecule has 1 N–H and O–H groups in total. The van der Waals surface area contributed by atoms with Gasteiger partial charge in [0, 0.05) is 33.6 Å². The summed E-state index contributed by atoms with van der Waals surface area (Å²) in [7, 11) is 0. The Morgan fingerprint density at radius 3 is 1.63 bits per heavy atom. The molecule has 0 fully saturated rings. The normalized spacial score (nSPS) is 11.1. The molecule has 0 rings (SSSR count). The Kier molecular flexibility index (Phi) is 15.8. The fourth-order valence-corrected chi connectivity index (χ4v) is 3.36. The van der Waals surface area contributed by atoms with Crippen molar-refractivity contribution in [2.75, 3.05) is 13.2 Å². The topological polar surface area (TPSA) is 98.8 Å². The van der Waals surface area contributed by atoms with Crippen LogP contribution < -0.4 is 5.32 Å². The van der Waals surface area contributed by atoms with Crippen LogP contribution in [0.15, 0.2) is 0 Å². The summed E-state index contributed by atoms with van der Waals surface area (Å²) < 4.78 is 10.3. The molecular weight excluding hydrogens is 386 g/mol. The molecule has 0 aliphatic rings. The van der Waals surface area contributed by atoms with Crippen LogP contribution in [0.3, 0.4) is 0 Å². The zero-order valence-electron chi connectivity index (χ0n) is 19.3. The molecule has 0 aliphatic heterocycles. The van der Waals surface area contributed by atoms with E-state index in [4.69, 9.17) is 9.47 Å². The van der Waals surface area contributed by atoms with Gasteiger partial charge >= 0.3 is 11.9 Å². The van der Waals surface area contributed by atoms with Gasteiger partial charge in [0.2, 0.25) is 5.91 Å². The molecule has 0 heterocycles. The second-order valence-corrected chi connectivity index (χ2v) is 8.14. The van der Waals surface area contributed by atoms with Crippen LogP contribution >= 0.6 is 0 Å². The first kappa shape index (κ1) is 28.1. The van der Waals surface area contributed by atoms with Gasteiger partial charge in [-0.05, 0) is 19.3 Å². The molecule has 30 heavy (non-hydrogen) atoms. The number of ketones is 1. The summed E-state index contributed by atoms with van der Waals surface area (Å²) in [5.41, 5.74) is -0.919. The van der Waals surface area contributed by atoms with Gasteiger partial charge in [0.1, 0.15) is 24.5 Å². The quantitative estimate of drug-likeness (QED) is 0.259. The maximum absolute atomic E-state index is 11.9. The van der Waals surface area contributed by atoms with E-state index in [1.807, 2.05) is 0 Å². The Balaban J connectivity index is 4.32. The van der Waals surface area contributed by atoms with E-state index >= 15 is 0 Å². The Morgan fingerprint density at radius 1 is 0.700 bits per heavy atom. The van der Waals surface area contributed by atoms with Crippen molar-refractivity contribution in [2.24, 2.45) is 0 Å². The van der Waals surface area contributed by atoms with Gasteiger partial charge in [0.15, 0.2) is 0 Å². The van der Waals surface area contributed by atoms with Crippen molar-refractivity contribution in [1.82, 2.24) is 5.32 Å². The number of unbranched alkanes of at least 4 members (excludes halogenated alkanes) is 7. The molecular formula is C23H41NO6. The van der Waals surface area contributed by atoms with E-state index in [0.717, 1.165) is 44.9 Å². The van der Waals surface area contributed by atoms with Crippen LogP contribution in [-0.2, 0) is 28.7 Å². The molecule has 0 aliphatic carbocycles. The zero-order chi connectivity index (χ0) is 22.8. The number of Topliss-reactive ketones (excluding diaryl/α,β-unsaturated/α-hetero) is 1. The van der Waals surface area contributed by atoms with E-state index in [2.05, 4.69) is 12.2 Å². The molecule has 0 aromatic rings. The molecule has 0 saturated carbocycles. The van der Waals surface area contributed by atoms with Gasteiger partial charge in [-0.25, -0.2) is 0 Å². The van der Waals surface area contributed by atoms with Crippen LogP contribution in [0, 0.1) is 0 Å². The van der Waals surface area contributed by atoms with E-state index in [9.17, 15) is 19.2 Å². The Labute approximate surface area is 181 Å². The number of rotatable bonds is 18. The van der Waals surface area contributed by atoms with Gasteiger partial charge in [0.25, 0.3) is 0 Å². The minimum absolute atomic E-state index is 0.0400. The third-order valence-electron chi connectivity index (χ3n) is 4.96. The van der Waals surface area contributed by atoms with Crippen molar-refractivity contribution < 1.29 is 28.7 Å². The molecule has 0 aromatic heterocycles. The number of nitrogens with one attached hydrogen (secondary N) is 1. The van der Waals surface area contributed by atoms with E-state index in [1.165, 1.54) is 33.6 Å². The number of amides is 1. The summed E-state index contributed by atoms with van der Waals surface area (Å²) in [4.78, 5) is 46.0. The first-order valence-corrected chi connectivity index (χ1v) is 11.3. The summed E-state index contributed by atoms with van der Waals surface area (Å²) in [6, 6.07) is 0. The third-order valence-corrected chi connectivity index (χ3v) is 4.96. The van der Waals surface area contributed by atoms with Crippen LogP contribution in [0.1, 0.15) is 105 Å².